The van der Waals surface area contributed by atoms with Gasteiger partial charge in [0.1, 0.15) is 0 Å². The summed E-state index contributed by atoms with van der Waals surface area (Å²) in [7, 11) is -3.10. The van der Waals surface area contributed by atoms with E-state index in [1.807, 2.05) is 0 Å². The van der Waals surface area contributed by atoms with E-state index >= 15 is 0 Å². The third-order valence-electron chi connectivity index (χ3n) is 5.45. The van der Waals surface area contributed by atoms with E-state index in [4.69, 9.17) is 0 Å². The minimum absolute atomic E-state index is 0.326. The van der Waals surface area contributed by atoms with Gasteiger partial charge in [0.15, 0.2) is 0 Å². The lowest BCUT2D eigenvalue weighted by Crippen LogP contribution is -2.44. The number of piperidine rings is 1. The second-order valence-corrected chi connectivity index (χ2v) is 9.05. The Morgan fingerprint density at radius 2 is 1.91 bits per heavy atom. The number of rotatable bonds is 4. The maximum Gasteiger partial charge on any atom is 0.211 e. The zero-order valence-electron chi connectivity index (χ0n) is 14.6. The standard InChI is InChI=1S/C16H28N4O2S/c1-5-20-13(3)16(12(2)17-20)11-18-8-14-6-7-15(18)10-19(9-14)23(4,21)22/h14-15H,5-11H2,1-4H3. The fraction of sp³-hybridized carbons (Fsp3) is 0.812. The molecule has 0 aromatic carbocycles. The van der Waals surface area contributed by atoms with E-state index in [0.717, 1.165) is 38.2 Å². The Labute approximate surface area is 139 Å². The molecule has 2 atom stereocenters. The molecular formula is C16H28N4O2S. The van der Waals surface area contributed by atoms with Crippen molar-refractivity contribution in [1.29, 1.82) is 0 Å². The lowest BCUT2D eigenvalue weighted by molar-refractivity contribution is 0.125. The van der Waals surface area contributed by atoms with Gasteiger partial charge in [-0.3, -0.25) is 9.58 Å². The Kier molecular flexibility index (Phi) is 4.55. The second-order valence-electron chi connectivity index (χ2n) is 7.07. The van der Waals surface area contributed by atoms with Gasteiger partial charge in [-0.05, 0) is 39.5 Å². The van der Waals surface area contributed by atoms with Crippen molar-refractivity contribution in [1.82, 2.24) is 19.0 Å². The Morgan fingerprint density at radius 1 is 1.17 bits per heavy atom. The predicted molar refractivity (Wildman–Crippen MR) is 90.7 cm³/mol. The molecule has 3 aliphatic rings. The second kappa shape index (κ2) is 6.18. The molecule has 3 saturated heterocycles. The highest BCUT2D eigenvalue weighted by Gasteiger charge is 2.38. The first-order valence-corrected chi connectivity index (χ1v) is 10.4. The third kappa shape index (κ3) is 3.32. The quantitative estimate of drug-likeness (QED) is 0.831. The molecule has 7 heteroatoms. The molecule has 2 unspecified atom stereocenters. The van der Waals surface area contributed by atoms with Gasteiger partial charge in [-0.2, -0.15) is 5.10 Å². The molecule has 3 fully saturated rings. The largest absolute Gasteiger partial charge is 0.294 e. The van der Waals surface area contributed by atoms with Crippen LogP contribution in [0.15, 0.2) is 0 Å². The molecule has 6 nitrogen and oxygen atoms in total. The third-order valence-corrected chi connectivity index (χ3v) is 6.69. The van der Waals surface area contributed by atoms with Crippen LogP contribution < -0.4 is 0 Å². The van der Waals surface area contributed by atoms with Crippen molar-refractivity contribution in [2.24, 2.45) is 5.92 Å². The molecule has 0 aliphatic carbocycles. The van der Waals surface area contributed by atoms with Crippen LogP contribution in [0.5, 0.6) is 0 Å². The first kappa shape index (κ1) is 16.9. The summed E-state index contributed by atoms with van der Waals surface area (Å²) in [5.74, 6) is 0.449. The highest BCUT2D eigenvalue weighted by molar-refractivity contribution is 7.88. The normalized spacial score (nSPS) is 26.6. The van der Waals surface area contributed by atoms with Gasteiger partial charge >= 0.3 is 0 Å². The average molecular weight is 340 g/mol. The van der Waals surface area contributed by atoms with E-state index < -0.39 is 10.0 Å². The van der Waals surface area contributed by atoms with Crippen molar-refractivity contribution in [3.05, 3.63) is 17.0 Å². The molecule has 0 N–H and O–H groups in total. The molecule has 1 aromatic heterocycles. The van der Waals surface area contributed by atoms with E-state index in [1.165, 1.54) is 17.5 Å². The topological polar surface area (TPSA) is 58.4 Å². The number of sulfonamides is 1. The van der Waals surface area contributed by atoms with Crippen LogP contribution >= 0.6 is 0 Å². The summed E-state index contributed by atoms with van der Waals surface area (Å²) >= 11 is 0. The van der Waals surface area contributed by atoms with Gasteiger partial charge in [-0.25, -0.2) is 12.7 Å². The molecule has 0 radical (unpaired) electrons. The number of aromatic nitrogens is 2. The molecule has 0 amide bonds. The van der Waals surface area contributed by atoms with Crippen LogP contribution in [-0.2, 0) is 23.1 Å². The van der Waals surface area contributed by atoms with Crippen molar-refractivity contribution in [2.75, 3.05) is 25.9 Å². The fourth-order valence-corrected chi connectivity index (χ4v) is 5.00. The first-order valence-electron chi connectivity index (χ1n) is 8.51. The Balaban J connectivity index is 1.81. The molecule has 23 heavy (non-hydrogen) atoms. The van der Waals surface area contributed by atoms with E-state index in [-0.39, 0.29) is 0 Å². The van der Waals surface area contributed by atoms with Crippen LogP contribution in [0.2, 0.25) is 0 Å². The maximum absolute atomic E-state index is 12.0. The molecule has 1 aromatic rings. The zero-order valence-corrected chi connectivity index (χ0v) is 15.4. The van der Waals surface area contributed by atoms with Crippen LogP contribution in [-0.4, -0.2) is 59.3 Å². The van der Waals surface area contributed by atoms with Gasteiger partial charge < -0.3 is 0 Å². The molecule has 2 bridgehead atoms. The summed E-state index contributed by atoms with van der Waals surface area (Å²) in [5, 5.41) is 4.62. The summed E-state index contributed by atoms with van der Waals surface area (Å²) in [6.07, 6.45) is 3.57. The van der Waals surface area contributed by atoms with Gasteiger partial charge in [0, 0.05) is 50.0 Å². The molecule has 4 rings (SSSR count). The van der Waals surface area contributed by atoms with Crippen molar-refractivity contribution < 1.29 is 8.42 Å². The maximum atomic E-state index is 12.0. The highest BCUT2D eigenvalue weighted by Crippen LogP contribution is 2.31. The van der Waals surface area contributed by atoms with Crippen LogP contribution in [0.4, 0.5) is 0 Å². The molecule has 4 heterocycles. The van der Waals surface area contributed by atoms with Crippen LogP contribution in [0.25, 0.3) is 0 Å². The molecular weight excluding hydrogens is 312 g/mol. The number of hydrogen-bond donors (Lipinski definition) is 0. The zero-order chi connectivity index (χ0) is 16.8. The van der Waals surface area contributed by atoms with Gasteiger partial charge in [0.2, 0.25) is 10.0 Å². The Morgan fingerprint density at radius 3 is 2.52 bits per heavy atom. The van der Waals surface area contributed by atoms with Crippen LogP contribution in [0.1, 0.15) is 36.7 Å². The highest BCUT2D eigenvalue weighted by atomic mass is 32.2. The first-order chi connectivity index (χ1) is 10.8. The molecule has 130 valence electrons. The molecule has 0 spiro atoms. The molecule has 0 saturated carbocycles. The van der Waals surface area contributed by atoms with Crippen molar-refractivity contribution >= 4 is 10.0 Å². The number of aryl methyl sites for hydroxylation is 2. The summed E-state index contributed by atoms with van der Waals surface area (Å²) in [6.45, 7) is 10.4. The molecule has 3 aliphatic heterocycles. The number of fused-ring (bicyclic) bond motifs is 4. The van der Waals surface area contributed by atoms with Crippen molar-refractivity contribution in [3.8, 4) is 0 Å². The fourth-order valence-electron chi connectivity index (χ4n) is 4.07. The average Bonchev–Trinajstić information content (AvgIpc) is 2.68. The lowest BCUT2D eigenvalue weighted by Gasteiger charge is -2.36. The minimum atomic E-state index is -3.10. The summed E-state index contributed by atoms with van der Waals surface area (Å²) in [6, 6.07) is 0.326. The lowest BCUT2D eigenvalue weighted by atomic mass is 9.94. The SMILES string of the molecule is CCn1nc(C)c(CN2CC3CCC2CN(S(C)(=O)=O)C3)c1C. The number of nitrogens with zero attached hydrogens (tertiary/aromatic N) is 4. The van der Waals surface area contributed by atoms with Crippen molar-refractivity contribution in [2.45, 2.75) is 52.7 Å². The summed E-state index contributed by atoms with van der Waals surface area (Å²) in [5.41, 5.74) is 3.65. The van der Waals surface area contributed by atoms with E-state index in [0.29, 0.717) is 25.0 Å². The van der Waals surface area contributed by atoms with Crippen molar-refractivity contribution in [3.63, 3.8) is 0 Å². The van der Waals surface area contributed by atoms with E-state index in [9.17, 15) is 8.42 Å². The van der Waals surface area contributed by atoms with E-state index in [2.05, 4.69) is 35.5 Å². The van der Waals surface area contributed by atoms with Gasteiger partial charge in [0.25, 0.3) is 0 Å². The monoisotopic (exact) mass is 340 g/mol. The van der Waals surface area contributed by atoms with Gasteiger partial charge in [-0.15, -0.1) is 0 Å². The Bertz CT molecular complexity index is 682. The summed E-state index contributed by atoms with van der Waals surface area (Å²) < 4.78 is 27.7. The van der Waals surface area contributed by atoms with Gasteiger partial charge in [0.05, 0.1) is 11.9 Å². The van der Waals surface area contributed by atoms with Crippen LogP contribution in [0.3, 0.4) is 0 Å². The minimum Gasteiger partial charge on any atom is -0.294 e. The predicted octanol–water partition coefficient (Wildman–Crippen LogP) is 1.38. The van der Waals surface area contributed by atoms with Gasteiger partial charge in [-0.1, -0.05) is 0 Å². The Hall–Kier alpha value is -0.920. The van der Waals surface area contributed by atoms with E-state index in [1.54, 1.807) is 4.31 Å². The summed E-state index contributed by atoms with van der Waals surface area (Å²) in [4.78, 5) is 2.48. The van der Waals surface area contributed by atoms with Crippen LogP contribution in [0, 0.1) is 19.8 Å². The number of hydrogen-bond acceptors (Lipinski definition) is 4. The smallest absolute Gasteiger partial charge is 0.211 e.